The molecule has 0 unspecified atom stereocenters. The van der Waals surface area contributed by atoms with Crippen molar-refractivity contribution < 1.29 is 14.3 Å². The quantitative estimate of drug-likeness (QED) is 0.480. The average molecular weight is 427 g/mol. The van der Waals surface area contributed by atoms with Gasteiger partial charge < -0.3 is 9.64 Å². The van der Waals surface area contributed by atoms with Gasteiger partial charge in [0.25, 0.3) is 5.91 Å². The molecule has 0 radical (unpaired) electrons. The molecule has 1 aromatic heterocycles. The number of ether oxygens (including phenoxy) is 1. The second-order valence-corrected chi connectivity index (χ2v) is 8.44. The number of amides is 2. The van der Waals surface area contributed by atoms with Crippen LogP contribution in [-0.2, 0) is 11.2 Å². The smallest absolute Gasteiger partial charge is 0.261 e. The van der Waals surface area contributed by atoms with Crippen LogP contribution < -0.4 is 15.0 Å². The number of aromatic nitrogens is 2. The Morgan fingerprint density at radius 3 is 2.83 bits per heavy atom. The summed E-state index contributed by atoms with van der Waals surface area (Å²) in [7, 11) is 1.52. The number of nitrogens with one attached hydrogen (secondary N) is 1. The van der Waals surface area contributed by atoms with Gasteiger partial charge >= 0.3 is 0 Å². The maximum absolute atomic E-state index is 12.6. The number of para-hydroxylation sites is 2. The van der Waals surface area contributed by atoms with Crippen molar-refractivity contribution in [2.24, 2.45) is 0 Å². The number of anilines is 2. The first-order chi connectivity index (χ1) is 14.2. The molecule has 0 aliphatic carbocycles. The van der Waals surface area contributed by atoms with E-state index in [9.17, 15) is 9.59 Å². The molecule has 1 N–H and O–H groups in total. The molecule has 29 heavy (non-hydrogen) atoms. The van der Waals surface area contributed by atoms with Crippen LogP contribution in [-0.4, -0.2) is 41.4 Å². The lowest BCUT2D eigenvalue weighted by Gasteiger charge is -2.16. The normalized spacial score (nSPS) is 12.5. The van der Waals surface area contributed by atoms with Gasteiger partial charge in [0.05, 0.1) is 18.4 Å². The van der Waals surface area contributed by atoms with Gasteiger partial charge in [0.15, 0.2) is 4.34 Å². The van der Waals surface area contributed by atoms with Crippen molar-refractivity contribution in [3.8, 4) is 5.75 Å². The van der Waals surface area contributed by atoms with Crippen LogP contribution in [0, 0.1) is 0 Å². The number of fused-ring (bicyclic) bond motifs is 1. The van der Waals surface area contributed by atoms with Gasteiger partial charge in [-0.2, -0.15) is 0 Å². The van der Waals surface area contributed by atoms with Crippen LogP contribution in [0.4, 0.5) is 10.8 Å². The summed E-state index contributed by atoms with van der Waals surface area (Å²) >= 11 is 2.56. The molecule has 9 heteroatoms. The molecule has 4 rings (SSSR count). The van der Waals surface area contributed by atoms with E-state index in [4.69, 9.17) is 4.74 Å². The summed E-state index contributed by atoms with van der Waals surface area (Å²) in [5, 5.41) is 11.2. The number of hydrogen-bond donors (Lipinski definition) is 1. The molecule has 0 atom stereocenters. The minimum Gasteiger partial charge on any atom is -0.496 e. The van der Waals surface area contributed by atoms with Gasteiger partial charge in [-0.3, -0.25) is 14.9 Å². The topological polar surface area (TPSA) is 84.4 Å². The van der Waals surface area contributed by atoms with E-state index >= 15 is 0 Å². The monoisotopic (exact) mass is 426 g/mol. The van der Waals surface area contributed by atoms with Gasteiger partial charge in [0.2, 0.25) is 11.0 Å². The molecule has 0 saturated heterocycles. The molecule has 2 heterocycles. The Labute approximate surface area is 176 Å². The number of thioether (sulfide) groups is 1. The maximum atomic E-state index is 12.6. The number of methoxy groups -OCH3 is 1. The zero-order valence-electron chi connectivity index (χ0n) is 15.6. The molecule has 0 spiro atoms. The molecule has 3 aromatic rings. The Balaban J connectivity index is 1.35. The second kappa shape index (κ2) is 8.62. The first-order valence-corrected chi connectivity index (χ1v) is 10.7. The van der Waals surface area contributed by atoms with Crippen molar-refractivity contribution in [2.75, 3.05) is 29.6 Å². The van der Waals surface area contributed by atoms with Crippen LogP contribution in [0.15, 0.2) is 52.9 Å². The zero-order chi connectivity index (χ0) is 20.2. The van der Waals surface area contributed by atoms with E-state index in [-0.39, 0.29) is 17.6 Å². The summed E-state index contributed by atoms with van der Waals surface area (Å²) in [6.45, 7) is 0.703. The van der Waals surface area contributed by atoms with E-state index in [1.165, 1.54) is 35.8 Å². The summed E-state index contributed by atoms with van der Waals surface area (Å²) in [4.78, 5) is 26.9. The summed E-state index contributed by atoms with van der Waals surface area (Å²) < 4.78 is 5.83. The molecule has 7 nitrogen and oxygen atoms in total. The standard InChI is InChI=1S/C20H18N4O3S2/c1-27-16-9-5-3-7-14(16)18(26)21-19-22-23-20(29-19)28-12-17(25)24-11-10-13-6-2-4-8-15(13)24/h2-9H,10-12H2,1H3,(H,21,22,26). The first-order valence-electron chi connectivity index (χ1n) is 8.94. The minimum atomic E-state index is -0.320. The summed E-state index contributed by atoms with van der Waals surface area (Å²) in [6, 6.07) is 14.9. The number of rotatable bonds is 6. The molecular weight excluding hydrogens is 408 g/mol. The molecule has 0 saturated carbocycles. The summed E-state index contributed by atoms with van der Waals surface area (Å²) in [5.41, 5.74) is 2.60. The molecule has 0 fully saturated rings. The Morgan fingerprint density at radius 2 is 1.97 bits per heavy atom. The highest BCUT2D eigenvalue weighted by atomic mass is 32.2. The molecule has 2 aromatic carbocycles. The lowest BCUT2D eigenvalue weighted by molar-refractivity contribution is -0.116. The molecule has 0 bridgehead atoms. The Morgan fingerprint density at radius 1 is 1.17 bits per heavy atom. The van der Waals surface area contributed by atoms with Gasteiger partial charge in [-0.15, -0.1) is 10.2 Å². The maximum Gasteiger partial charge on any atom is 0.261 e. The highest BCUT2D eigenvalue weighted by Gasteiger charge is 2.24. The zero-order valence-corrected chi connectivity index (χ0v) is 17.3. The van der Waals surface area contributed by atoms with Gasteiger partial charge in [0, 0.05) is 12.2 Å². The third-order valence-electron chi connectivity index (χ3n) is 4.49. The van der Waals surface area contributed by atoms with Crippen molar-refractivity contribution in [2.45, 2.75) is 10.8 Å². The van der Waals surface area contributed by atoms with Crippen molar-refractivity contribution in [1.82, 2.24) is 10.2 Å². The largest absolute Gasteiger partial charge is 0.496 e. The van der Waals surface area contributed by atoms with Crippen LogP contribution in [0.25, 0.3) is 0 Å². The average Bonchev–Trinajstić information content (AvgIpc) is 3.38. The molecular formula is C20H18N4O3S2. The van der Waals surface area contributed by atoms with Gasteiger partial charge in [-0.1, -0.05) is 53.4 Å². The van der Waals surface area contributed by atoms with E-state index in [1.54, 1.807) is 24.3 Å². The first kappa shape index (κ1) is 19.4. The molecule has 1 aliphatic heterocycles. The predicted molar refractivity (Wildman–Crippen MR) is 114 cm³/mol. The van der Waals surface area contributed by atoms with Crippen LogP contribution in [0.3, 0.4) is 0 Å². The van der Waals surface area contributed by atoms with Crippen LogP contribution >= 0.6 is 23.1 Å². The molecule has 148 valence electrons. The van der Waals surface area contributed by atoms with E-state index in [1.807, 2.05) is 23.1 Å². The summed E-state index contributed by atoms with van der Waals surface area (Å²) in [5.74, 6) is 0.471. The third kappa shape index (κ3) is 4.25. The van der Waals surface area contributed by atoms with Gasteiger partial charge in [-0.05, 0) is 30.2 Å². The van der Waals surface area contributed by atoms with E-state index in [0.717, 1.165) is 12.1 Å². The number of carbonyl (C=O) groups is 2. The number of benzene rings is 2. The van der Waals surface area contributed by atoms with Gasteiger partial charge in [0.1, 0.15) is 5.75 Å². The fraction of sp³-hybridized carbons (Fsp3) is 0.200. The second-order valence-electron chi connectivity index (χ2n) is 6.24. The van der Waals surface area contributed by atoms with Crippen molar-refractivity contribution in [1.29, 1.82) is 0 Å². The Hall–Kier alpha value is -2.91. The van der Waals surface area contributed by atoms with E-state index in [2.05, 4.69) is 21.6 Å². The predicted octanol–water partition coefficient (Wildman–Crippen LogP) is 3.48. The van der Waals surface area contributed by atoms with Crippen LogP contribution in [0.1, 0.15) is 15.9 Å². The lowest BCUT2D eigenvalue weighted by Crippen LogP contribution is -2.30. The van der Waals surface area contributed by atoms with Crippen LogP contribution in [0.2, 0.25) is 0 Å². The molecule has 2 amide bonds. The number of carbonyl (C=O) groups excluding carboxylic acids is 2. The molecule has 1 aliphatic rings. The minimum absolute atomic E-state index is 0.0368. The fourth-order valence-corrected chi connectivity index (χ4v) is 4.74. The Bertz CT molecular complexity index is 1050. The van der Waals surface area contributed by atoms with Crippen molar-refractivity contribution >= 4 is 45.7 Å². The number of nitrogens with zero attached hydrogens (tertiary/aromatic N) is 3. The highest BCUT2D eigenvalue weighted by molar-refractivity contribution is 8.01. The van der Waals surface area contributed by atoms with Gasteiger partial charge in [-0.25, -0.2) is 0 Å². The Kier molecular flexibility index (Phi) is 5.77. The lowest BCUT2D eigenvalue weighted by atomic mass is 10.2. The van der Waals surface area contributed by atoms with E-state index < -0.39 is 0 Å². The van der Waals surface area contributed by atoms with Crippen molar-refractivity contribution in [3.05, 3.63) is 59.7 Å². The summed E-state index contributed by atoms with van der Waals surface area (Å²) in [6.07, 6.45) is 0.879. The van der Waals surface area contributed by atoms with Crippen molar-refractivity contribution in [3.63, 3.8) is 0 Å². The highest BCUT2D eigenvalue weighted by Crippen LogP contribution is 2.30. The van der Waals surface area contributed by atoms with Crippen LogP contribution in [0.5, 0.6) is 5.75 Å². The SMILES string of the molecule is COc1ccccc1C(=O)Nc1nnc(SCC(=O)N2CCc3ccccc32)s1. The third-order valence-corrected chi connectivity index (χ3v) is 6.44. The van der Waals surface area contributed by atoms with E-state index in [0.29, 0.717) is 27.3 Å². The fourth-order valence-electron chi connectivity index (χ4n) is 3.11. The number of hydrogen-bond acceptors (Lipinski definition) is 7.